The standard InChI is InChI=1S/C19H17F2N3O/c20-16-6-5-14(12-22)15(11-16)13-23-7-9-24(10-8-23)19(25)17-3-1-2-4-18(17)21/h1-6,11H,7-10,13H2. The zero-order valence-corrected chi connectivity index (χ0v) is 13.6. The third-order valence-electron chi connectivity index (χ3n) is 4.35. The van der Waals surface area contributed by atoms with Crippen molar-refractivity contribution in [2.24, 2.45) is 0 Å². The summed E-state index contributed by atoms with van der Waals surface area (Å²) in [6.45, 7) is 2.54. The molecule has 3 rings (SSSR count). The Morgan fingerprint density at radius 1 is 1.08 bits per heavy atom. The number of amides is 1. The fraction of sp³-hybridized carbons (Fsp3) is 0.263. The third kappa shape index (κ3) is 3.83. The van der Waals surface area contributed by atoms with Gasteiger partial charge in [0, 0.05) is 32.7 Å². The summed E-state index contributed by atoms with van der Waals surface area (Å²) in [4.78, 5) is 16.1. The highest BCUT2D eigenvalue weighted by Crippen LogP contribution is 2.16. The van der Waals surface area contributed by atoms with Crippen LogP contribution in [0, 0.1) is 23.0 Å². The maximum absolute atomic E-state index is 13.8. The number of hydrogen-bond acceptors (Lipinski definition) is 3. The van der Waals surface area contributed by atoms with Gasteiger partial charge in [0.15, 0.2) is 0 Å². The number of nitrogens with zero attached hydrogens (tertiary/aromatic N) is 3. The van der Waals surface area contributed by atoms with Crippen molar-refractivity contribution in [1.82, 2.24) is 9.80 Å². The van der Waals surface area contributed by atoms with Crippen LogP contribution in [0.15, 0.2) is 42.5 Å². The summed E-state index contributed by atoms with van der Waals surface area (Å²) in [5, 5.41) is 9.13. The van der Waals surface area contributed by atoms with Crippen LogP contribution in [-0.2, 0) is 6.54 Å². The topological polar surface area (TPSA) is 47.3 Å². The lowest BCUT2D eigenvalue weighted by molar-refractivity contribution is 0.0624. The summed E-state index contributed by atoms with van der Waals surface area (Å²) in [7, 11) is 0. The molecule has 0 N–H and O–H groups in total. The minimum absolute atomic E-state index is 0.0767. The maximum Gasteiger partial charge on any atom is 0.256 e. The van der Waals surface area contributed by atoms with E-state index in [1.165, 1.54) is 30.3 Å². The molecule has 1 fully saturated rings. The summed E-state index contributed by atoms with van der Waals surface area (Å²) < 4.78 is 27.2. The first-order valence-corrected chi connectivity index (χ1v) is 8.03. The van der Waals surface area contributed by atoms with Gasteiger partial charge in [0.2, 0.25) is 0 Å². The van der Waals surface area contributed by atoms with Gasteiger partial charge in [-0.3, -0.25) is 9.69 Å². The predicted molar refractivity (Wildman–Crippen MR) is 88.7 cm³/mol. The van der Waals surface area contributed by atoms with Crippen LogP contribution in [0.4, 0.5) is 8.78 Å². The summed E-state index contributed by atoms with van der Waals surface area (Å²) in [5.41, 5.74) is 1.16. The van der Waals surface area contributed by atoms with Crippen molar-refractivity contribution in [1.29, 1.82) is 5.26 Å². The third-order valence-corrected chi connectivity index (χ3v) is 4.35. The minimum atomic E-state index is -0.520. The number of nitriles is 1. The molecule has 0 saturated carbocycles. The first-order chi connectivity index (χ1) is 12.1. The van der Waals surface area contributed by atoms with Crippen LogP contribution >= 0.6 is 0 Å². The molecule has 0 unspecified atom stereocenters. The highest BCUT2D eigenvalue weighted by Gasteiger charge is 2.24. The van der Waals surface area contributed by atoms with Crippen molar-refractivity contribution in [3.05, 3.63) is 70.8 Å². The van der Waals surface area contributed by atoms with Crippen molar-refractivity contribution >= 4 is 5.91 Å². The average Bonchev–Trinajstić information content (AvgIpc) is 2.62. The van der Waals surface area contributed by atoms with Crippen molar-refractivity contribution in [3.63, 3.8) is 0 Å². The number of benzene rings is 2. The fourth-order valence-corrected chi connectivity index (χ4v) is 2.96. The van der Waals surface area contributed by atoms with Gasteiger partial charge in [0.1, 0.15) is 11.6 Å². The molecule has 2 aromatic carbocycles. The Morgan fingerprint density at radius 3 is 2.48 bits per heavy atom. The van der Waals surface area contributed by atoms with Crippen LogP contribution in [0.5, 0.6) is 0 Å². The van der Waals surface area contributed by atoms with Crippen LogP contribution in [0.3, 0.4) is 0 Å². The molecule has 1 aliphatic heterocycles. The second kappa shape index (κ2) is 7.41. The van der Waals surface area contributed by atoms with E-state index in [1.54, 1.807) is 17.0 Å². The lowest BCUT2D eigenvalue weighted by Gasteiger charge is -2.35. The summed E-state index contributed by atoms with van der Waals surface area (Å²) in [6, 6.07) is 12.1. The van der Waals surface area contributed by atoms with Gasteiger partial charge in [0.05, 0.1) is 17.2 Å². The van der Waals surface area contributed by atoms with E-state index in [4.69, 9.17) is 5.26 Å². The second-order valence-electron chi connectivity index (χ2n) is 5.96. The van der Waals surface area contributed by atoms with E-state index >= 15 is 0 Å². The Bertz CT molecular complexity index is 824. The van der Waals surface area contributed by atoms with Crippen LogP contribution in [0.2, 0.25) is 0 Å². The number of piperazine rings is 1. The van der Waals surface area contributed by atoms with Crippen molar-refractivity contribution < 1.29 is 13.6 Å². The SMILES string of the molecule is N#Cc1ccc(F)cc1CN1CCN(C(=O)c2ccccc2F)CC1. The van der Waals surface area contributed by atoms with Crippen molar-refractivity contribution in [2.75, 3.05) is 26.2 Å². The fourth-order valence-electron chi connectivity index (χ4n) is 2.96. The minimum Gasteiger partial charge on any atom is -0.336 e. The highest BCUT2D eigenvalue weighted by atomic mass is 19.1. The number of rotatable bonds is 3. The zero-order chi connectivity index (χ0) is 17.8. The Labute approximate surface area is 144 Å². The molecule has 1 heterocycles. The quantitative estimate of drug-likeness (QED) is 0.862. The molecule has 25 heavy (non-hydrogen) atoms. The highest BCUT2D eigenvalue weighted by molar-refractivity contribution is 5.94. The van der Waals surface area contributed by atoms with Gasteiger partial charge in [-0.2, -0.15) is 5.26 Å². The number of carbonyl (C=O) groups is 1. The molecule has 1 amide bonds. The molecule has 2 aromatic rings. The van der Waals surface area contributed by atoms with Crippen LogP contribution in [-0.4, -0.2) is 41.9 Å². The first kappa shape index (κ1) is 17.1. The molecular weight excluding hydrogens is 324 g/mol. The Kier molecular flexibility index (Phi) is 5.05. The van der Waals surface area contributed by atoms with Gasteiger partial charge in [-0.05, 0) is 35.9 Å². The molecule has 6 heteroatoms. The molecule has 0 radical (unpaired) electrons. The largest absolute Gasteiger partial charge is 0.336 e. The van der Waals surface area contributed by atoms with Gasteiger partial charge < -0.3 is 4.90 Å². The second-order valence-corrected chi connectivity index (χ2v) is 5.96. The molecular formula is C19H17F2N3O. The van der Waals surface area contributed by atoms with Gasteiger partial charge in [-0.1, -0.05) is 12.1 Å². The van der Waals surface area contributed by atoms with E-state index in [1.807, 2.05) is 0 Å². The first-order valence-electron chi connectivity index (χ1n) is 8.03. The van der Waals surface area contributed by atoms with E-state index in [0.717, 1.165) is 0 Å². The number of hydrogen-bond donors (Lipinski definition) is 0. The lowest BCUT2D eigenvalue weighted by atomic mass is 10.1. The molecule has 0 aromatic heterocycles. The van der Waals surface area contributed by atoms with Crippen LogP contribution in [0.25, 0.3) is 0 Å². The smallest absolute Gasteiger partial charge is 0.256 e. The van der Waals surface area contributed by atoms with Gasteiger partial charge in [-0.15, -0.1) is 0 Å². The average molecular weight is 341 g/mol. The Hall–Kier alpha value is -2.78. The van der Waals surface area contributed by atoms with E-state index in [2.05, 4.69) is 11.0 Å². The molecule has 128 valence electrons. The predicted octanol–water partition coefficient (Wildman–Crippen LogP) is 2.79. The lowest BCUT2D eigenvalue weighted by Crippen LogP contribution is -2.48. The molecule has 1 saturated heterocycles. The van der Waals surface area contributed by atoms with Crippen LogP contribution < -0.4 is 0 Å². The van der Waals surface area contributed by atoms with E-state index in [0.29, 0.717) is 43.9 Å². The van der Waals surface area contributed by atoms with Crippen LogP contribution in [0.1, 0.15) is 21.5 Å². The molecule has 4 nitrogen and oxygen atoms in total. The zero-order valence-electron chi connectivity index (χ0n) is 13.6. The Morgan fingerprint density at radius 2 is 1.80 bits per heavy atom. The monoisotopic (exact) mass is 341 g/mol. The van der Waals surface area contributed by atoms with Crippen molar-refractivity contribution in [3.8, 4) is 6.07 Å². The summed E-state index contributed by atoms with van der Waals surface area (Å²) >= 11 is 0. The normalized spacial score (nSPS) is 15.0. The van der Waals surface area contributed by atoms with E-state index < -0.39 is 5.82 Å². The van der Waals surface area contributed by atoms with Gasteiger partial charge in [-0.25, -0.2) is 8.78 Å². The summed E-state index contributed by atoms with van der Waals surface area (Å²) in [6.07, 6.45) is 0. The van der Waals surface area contributed by atoms with Gasteiger partial charge >= 0.3 is 0 Å². The number of halogens is 2. The molecule has 0 aliphatic carbocycles. The molecule has 0 bridgehead atoms. The van der Waals surface area contributed by atoms with Gasteiger partial charge in [0.25, 0.3) is 5.91 Å². The van der Waals surface area contributed by atoms with E-state index in [-0.39, 0.29) is 17.3 Å². The molecule has 1 aliphatic rings. The summed E-state index contributed by atoms with van der Waals surface area (Å²) in [5.74, 6) is -1.21. The van der Waals surface area contributed by atoms with Crippen molar-refractivity contribution in [2.45, 2.75) is 6.54 Å². The Balaban J connectivity index is 1.63. The maximum atomic E-state index is 13.8. The van der Waals surface area contributed by atoms with E-state index in [9.17, 15) is 13.6 Å². The number of carbonyl (C=O) groups excluding carboxylic acids is 1. The molecule has 0 atom stereocenters. The molecule has 0 spiro atoms.